The maximum absolute atomic E-state index is 5.98. The van der Waals surface area contributed by atoms with Crippen LogP contribution in [0.25, 0.3) is 0 Å². The molecule has 2 unspecified atom stereocenters. The lowest BCUT2D eigenvalue weighted by atomic mass is 9.93. The molecule has 2 aliphatic heterocycles. The van der Waals surface area contributed by atoms with Crippen LogP contribution in [-0.4, -0.2) is 36.7 Å². The maximum atomic E-state index is 5.98. The fourth-order valence-electron chi connectivity index (χ4n) is 3.53. The molecule has 0 bridgehead atoms. The minimum Gasteiger partial charge on any atom is -0.378 e. The van der Waals surface area contributed by atoms with Gasteiger partial charge in [-0.05, 0) is 49.8 Å². The standard InChI is InChI=1S/C17H26N2O/c18-12-16-11-14-5-1-2-6-15(14)13-19(16)9-3-7-17-8-4-10-20-17/h1-2,5-6,16-17H,3-4,7-13,18H2. The zero-order chi connectivity index (χ0) is 13.8. The Morgan fingerprint density at radius 3 is 2.85 bits per heavy atom. The Bertz CT molecular complexity index is 429. The van der Waals surface area contributed by atoms with Crippen molar-refractivity contribution >= 4 is 0 Å². The van der Waals surface area contributed by atoms with E-state index in [1.807, 2.05) is 0 Å². The average molecular weight is 274 g/mol. The van der Waals surface area contributed by atoms with Gasteiger partial charge in [0.15, 0.2) is 0 Å². The van der Waals surface area contributed by atoms with Crippen molar-refractivity contribution in [3.8, 4) is 0 Å². The Kier molecular flexibility index (Phi) is 4.71. The molecule has 0 radical (unpaired) electrons. The van der Waals surface area contributed by atoms with Gasteiger partial charge in [0.25, 0.3) is 0 Å². The lowest BCUT2D eigenvalue weighted by molar-refractivity contribution is 0.0939. The summed E-state index contributed by atoms with van der Waals surface area (Å²) in [5.74, 6) is 0. The summed E-state index contributed by atoms with van der Waals surface area (Å²) in [6.45, 7) is 3.93. The van der Waals surface area contributed by atoms with Crippen molar-refractivity contribution in [2.45, 2.75) is 50.8 Å². The second-order valence-corrected chi connectivity index (χ2v) is 6.11. The number of nitrogens with zero attached hydrogens (tertiary/aromatic N) is 1. The molecule has 3 heteroatoms. The third kappa shape index (κ3) is 3.22. The number of nitrogens with two attached hydrogens (primary N) is 1. The van der Waals surface area contributed by atoms with E-state index < -0.39 is 0 Å². The van der Waals surface area contributed by atoms with Gasteiger partial charge in [0, 0.05) is 25.7 Å². The van der Waals surface area contributed by atoms with Gasteiger partial charge in [-0.15, -0.1) is 0 Å². The van der Waals surface area contributed by atoms with Crippen LogP contribution in [-0.2, 0) is 17.7 Å². The first-order valence-electron chi connectivity index (χ1n) is 7.99. The van der Waals surface area contributed by atoms with Crippen LogP contribution >= 0.6 is 0 Å². The van der Waals surface area contributed by atoms with Crippen LogP contribution in [0, 0.1) is 0 Å². The fourth-order valence-corrected chi connectivity index (χ4v) is 3.53. The zero-order valence-electron chi connectivity index (χ0n) is 12.3. The highest BCUT2D eigenvalue weighted by molar-refractivity contribution is 5.30. The molecule has 0 spiro atoms. The van der Waals surface area contributed by atoms with Crippen molar-refractivity contribution in [1.29, 1.82) is 0 Å². The first-order valence-corrected chi connectivity index (χ1v) is 7.99. The summed E-state index contributed by atoms with van der Waals surface area (Å²) >= 11 is 0. The maximum Gasteiger partial charge on any atom is 0.0576 e. The SMILES string of the molecule is NCC1Cc2ccccc2CN1CCCC1CCCO1. The molecule has 0 saturated carbocycles. The van der Waals surface area contributed by atoms with Crippen molar-refractivity contribution in [3.05, 3.63) is 35.4 Å². The van der Waals surface area contributed by atoms with Crippen LogP contribution in [0.2, 0.25) is 0 Å². The largest absolute Gasteiger partial charge is 0.378 e. The third-order valence-corrected chi connectivity index (χ3v) is 4.73. The van der Waals surface area contributed by atoms with Crippen molar-refractivity contribution < 1.29 is 4.74 Å². The van der Waals surface area contributed by atoms with Crippen LogP contribution < -0.4 is 5.73 Å². The highest BCUT2D eigenvalue weighted by Gasteiger charge is 2.25. The van der Waals surface area contributed by atoms with Gasteiger partial charge in [-0.1, -0.05) is 24.3 Å². The number of fused-ring (bicyclic) bond motifs is 1. The topological polar surface area (TPSA) is 38.5 Å². The van der Waals surface area contributed by atoms with Gasteiger partial charge < -0.3 is 10.5 Å². The van der Waals surface area contributed by atoms with Crippen LogP contribution in [0.4, 0.5) is 0 Å². The van der Waals surface area contributed by atoms with Gasteiger partial charge in [0.1, 0.15) is 0 Å². The van der Waals surface area contributed by atoms with E-state index >= 15 is 0 Å². The van der Waals surface area contributed by atoms with Crippen molar-refractivity contribution in [2.24, 2.45) is 5.73 Å². The number of ether oxygens (including phenoxy) is 1. The van der Waals surface area contributed by atoms with Crippen LogP contribution in [0.1, 0.15) is 36.8 Å². The molecule has 0 amide bonds. The van der Waals surface area contributed by atoms with Gasteiger partial charge >= 0.3 is 0 Å². The molecule has 3 nitrogen and oxygen atoms in total. The lowest BCUT2D eigenvalue weighted by Gasteiger charge is -2.36. The third-order valence-electron chi connectivity index (χ3n) is 4.73. The molecule has 1 aromatic carbocycles. The molecular formula is C17H26N2O. The Morgan fingerprint density at radius 1 is 1.25 bits per heavy atom. The summed E-state index contributed by atoms with van der Waals surface area (Å²) < 4.78 is 5.71. The van der Waals surface area contributed by atoms with Crippen LogP contribution in [0.15, 0.2) is 24.3 Å². The predicted molar refractivity (Wildman–Crippen MR) is 81.6 cm³/mol. The van der Waals surface area contributed by atoms with Crippen LogP contribution in [0.3, 0.4) is 0 Å². The summed E-state index contributed by atoms with van der Waals surface area (Å²) in [6.07, 6.45) is 6.55. The van der Waals surface area contributed by atoms with Gasteiger partial charge in [0.05, 0.1) is 6.10 Å². The second-order valence-electron chi connectivity index (χ2n) is 6.11. The van der Waals surface area contributed by atoms with E-state index in [1.165, 1.54) is 36.8 Å². The molecule has 1 aromatic rings. The molecule has 1 saturated heterocycles. The number of benzene rings is 1. The quantitative estimate of drug-likeness (QED) is 0.895. The van der Waals surface area contributed by atoms with E-state index in [1.54, 1.807) is 0 Å². The Hall–Kier alpha value is -0.900. The highest BCUT2D eigenvalue weighted by Crippen LogP contribution is 2.24. The van der Waals surface area contributed by atoms with Gasteiger partial charge in [0.2, 0.25) is 0 Å². The summed E-state index contributed by atoms with van der Waals surface area (Å²) in [7, 11) is 0. The van der Waals surface area contributed by atoms with Crippen LogP contribution in [0.5, 0.6) is 0 Å². The number of hydrogen-bond acceptors (Lipinski definition) is 3. The highest BCUT2D eigenvalue weighted by atomic mass is 16.5. The van der Waals surface area contributed by atoms with E-state index in [4.69, 9.17) is 10.5 Å². The zero-order valence-corrected chi connectivity index (χ0v) is 12.3. The molecular weight excluding hydrogens is 248 g/mol. The molecule has 2 aliphatic rings. The monoisotopic (exact) mass is 274 g/mol. The minimum absolute atomic E-state index is 0.509. The molecule has 3 rings (SSSR count). The molecule has 110 valence electrons. The summed E-state index contributed by atoms with van der Waals surface area (Å²) in [4.78, 5) is 2.57. The molecule has 2 heterocycles. The minimum atomic E-state index is 0.509. The first kappa shape index (κ1) is 14.1. The number of hydrogen-bond donors (Lipinski definition) is 1. The molecule has 1 fully saturated rings. The van der Waals surface area contributed by atoms with E-state index in [9.17, 15) is 0 Å². The van der Waals surface area contributed by atoms with E-state index in [2.05, 4.69) is 29.2 Å². The normalized spacial score (nSPS) is 26.6. The molecule has 2 atom stereocenters. The average Bonchev–Trinajstić information content (AvgIpc) is 3.00. The van der Waals surface area contributed by atoms with Gasteiger partial charge in [-0.3, -0.25) is 4.90 Å². The van der Waals surface area contributed by atoms with Gasteiger partial charge in [-0.2, -0.15) is 0 Å². The Labute approximate surface area is 122 Å². The summed E-state index contributed by atoms with van der Waals surface area (Å²) in [5, 5.41) is 0. The predicted octanol–water partition coefficient (Wildman–Crippen LogP) is 2.33. The molecule has 20 heavy (non-hydrogen) atoms. The van der Waals surface area contributed by atoms with Crippen molar-refractivity contribution in [2.75, 3.05) is 19.7 Å². The summed E-state index contributed by atoms with van der Waals surface area (Å²) in [6, 6.07) is 9.30. The van der Waals surface area contributed by atoms with E-state index in [-0.39, 0.29) is 0 Å². The number of rotatable bonds is 5. The van der Waals surface area contributed by atoms with Gasteiger partial charge in [-0.25, -0.2) is 0 Å². The van der Waals surface area contributed by atoms with E-state index in [0.29, 0.717) is 12.1 Å². The summed E-state index contributed by atoms with van der Waals surface area (Å²) in [5.41, 5.74) is 8.94. The van der Waals surface area contributed by atoms with E-state index in [0.717, 1.165) is 32.7 Å². The second kappa shape index (κ2) is 6.70. The smallest absolute Gasteiger partial charge is 0.0576 e. The molecule has 0 aliphatic carbocycles. The first-order chi connectivity index (χ1) is 9.86. The van der Waals surface area contributed by atoms with Crippen molar-refractivity contribution in [1.82, 2.24) is 4.90 Å². The molecule has 2 N–H and O–H groups in total. The van der Waals surface area contributed by atoms with Crippen molar-refractivity contribution in [3.63, 3.8) is 0 Å². The lowest BCUT2D eigenvalue weighted by Crippen LogP contribution is -2.45. The Morgan fingerprint density at radius 2 is 2.10 bits per heavy atom. The Balaban J connectivity index is 1.55. The fraction of sp³-hybridized carbons (Fsp3) is 0.647. The molecule has 0 aromatic heterocycles.